The van der Waals surface area contributed by atoms with Gasteiger partial charge in [0.1, 0.15) is 18.5 Å². The highest BCUT2D eigenvalue weighted by Crippen LogP contribution is 2.33. The molecular weight excluding hydrogens is 500 g/mol. The number of likely N-dealkylation sites (N-methyl/N-ethyl adjacent to an activating group) is 1. The van der Waals surface area contributed by atoms with Crippen LogP contribution in [0.4, 0.5) is 14.5 Å². The van der Waals surface area contributed by atoms with Gasteiger partial charge in [0.15, 0.2) is 11.6 Å². The molecular formula is C27H29F2N3O6. The van der Waals surface area contributed by atoms with Gasteiger partial charge in [-0.3, -0.25) is 14.4 Å². The average Bonchev–Trinajstić information content (AvgIpc) is 2.93. The second-order valence-corrected chi connectivity index (χ2v) is 9.66. The first-order chi connectivity index (χ1) is 18.3. The Bertz CT molecular complexity index is 1240. The normalized spacial score (nSPS) is 23.4. The second-order valence-electron chi connectivity index (χ2n) is 9.66. The number of benzene rings is 2. The fraction of sp³-hybridized carbons (Fsp3) is 0.444. The molecule has 0 bridgehead atoms. The highest BCUT2D eigenvalue weighted by Gasteiger charge is 2.39. The summed E-state index contributed by atoms with van der Waals surface area (Å²) in [6.45, 7) is 2.44. The van der Waals surface area contributed by atoms with E-state index in [4.69, 9.17) is 14.2 Å². The first-order valence-corrected chi connectivity index (χ1v) is 12.6. The fourth-order valence-electron chi connectivity index (χ4n) is 5.08. The highest BCUT2D eigenvalue weighted by atomic mass is 19.2. The molecule has 2 fully saturated rings. The summed E-state index contributed by atoms with van der Waals surface area (Å²) in [5.74, 6) is -2.75. The third-order valence-electron chi connectivity index (χ3n) is 7.22. The van der Waals surface area contributed by atoms with E-state index in [0.717, 1.165) is 12.1 Å². The van der Waals surface area contributed by atoms with E-state index < -0.39 is 23.6 Å². The number of amides is 3. The van der Waals surface area contributed by atoms with Crippen molar-refractivity contribution in [3.05, 3.63) is 59.2 Å². The molecule has 0 unspecified atom stereocenters. The minimum atomic E-state index is -1.13. The van der Waals surface area contributed by atoms with Crippen LogP contribution in [0.2, 0.25) is 0 Å². The summed E-state index contributed by atoms with van der Waals surface area (Å²) in [7, 11) is 1.70. The zero-order chi connectivity index (χ0) is 26.8. The number of anilines is 1. The van der Waals surface area contributed by atoms with Crippen molar-refractivity contribution in [2.75, 3.05) is 45.3 Å². The Balaban J connectivity index is 1.27. The molecule has 9 nitrogen and oxygen atoms in total. The lowest BCUT2D eigenvalue weighted by Crippen LogP contribution is -2.54. The Morgan fingerprint density at radius 3 is 2.61 bits per heavy atom. The molecule has 3 amide bonds. The van der Waals surface area contributed by atoms with Crippen LogP contribution in [0, 0.1) is 11.6 Å². The van der Waals surface area contributed by atoms with E-state index in [0.29, 0.717) is 50.6 Å². The maximum Gasteiger partial charge on any atom is 0.257 e. The number of nitrogens with one attached hydrogen (secondary N) is 1. The molecule has 5 rings (SSSR count). The van der Waals surface area contributed by atoms with Crippen LogP contribution < -0.4 is 10.1 Å². The van der Waals surface area contributed by atoms with Crippen molar-refractivity contribution in [1.29, 1.82) is 0 Å². The Morgan fingerprint density at radius 2 is 1.84 bits per heavy atom. The van der Waals surface area contributed by atoms with E-state index >= 15 is 0 Å². The van der Waals surface area contributed by atoms with Gasteiger partial charge < -0.3 is 29.3 Å². The largest absolute Gasteiger partial charge is 0.490 e. The molecule has 0 radical (unpaired) electrons. The Morgan fingerprint density at radius 1 is 1.05 bits per heavy atom. The lowest BCUT2D eigenvalue weighted by atomic mass is 9.94. The van der Waals surface area contributed by atoms with Gasteiger partial charge in [-0.2, -0.15) is 0 Å². The molecule has 3 aliphatic rings. The van der Waals surface area contributed by atoms with Crippen LogP contribution in [-0.4, -0.2) is 85.7 Å². The molecule has 0 saturated carbocycles. The summed E-state index contributed by atoms with van der Waals surface area (Å²) >= 11 is 0. The predicted octanol–water partition coefficient (Wildman–Crippen LogP) is 2.85. The van der Waals surface area contributed by atoms with E-state index in [1.165, 1.54) is 12.1 Å². The number of carbonyl (C=O) groups is 3. The monoisotopic (exact) mass is 529 g/mol. The summed E-state index contributed by atoms with van der Waals surface area (Å²) in [4.78, 5) is 42.0. The van der Waals surface area contributed by atoms with Crippen LogP contribution >= 0.6 is 0 Å². The number of hydrogen-bond donors (Lipinski definition) is 1. The van der Waals surface area contributed by atoms with Crippen LogP contribution in [0.5, 0.6) is 5.75 Å². The van der Waals surface area contributed by atoms with Gasteiger partial charge in [0.2, 0.25) is 5.91 Å². The first kappa shape index (κ1) is 26.1. The highest BCUT2D eigenvalue weighted by molar-refractivity contribution is 6.05. The summed E-state index contributed by atoms with van der Waals surface area (Å²) in [6, 6.07) is 7.26. The smallest absolute Gasteiger partial charge is 0.257 e. The number of nitrogens with zero attached hydrogens (tertiary/aromatic N) is 2. The van der Waals surface area contributed by atoms with E-state index in [9.17, 15) is 23.2 Å². The van der Waals surface area contributed by atoms with Crippen LogP contribution in [0.15, 0.2) is 36.4 Å². The Kier molecular flexibility index (Phi) is 7.57. The molecule has 0 aromatic heterocycles. The van der Waals surface area contributed by atoms with Crippen molar-refractivity contribution < 1.29 is 37.4 Å². The maximum absolute atomic E-state index is 13.5. The second kappa shape index (κ2) is 11.0. The molecule has 2 aromatic rings. The molecule has 38 heavy (non-hydrogen) atoms. The van der Waals surface area contributed by atoms with E-state index in [1.54, 1.807) is 29.0 Å². The fourth-order valence-corrected chi connectivity index (χ4v) is 5.08. The first-order valence-electron chi connectivity index (χ1n) is 12.6. The molecule has 1 N–H and O–H groups in total. The van der Waals surface area contributed by atoms with Crippen molar-refractivity contribution >= 4 is 23.4 Å². The molecule has 2 saturated heterocycles. The summed E-state index contributed by atoms with van der Waals surface area (Å²) in [5, 5.41) is 2.61. The van der Waals surface area contributed by atoms with Gasteiger partial charge in [0, 0.05) is 31.4 Å². The molecule has 202 valence electrons. The van der Waals surface area contributed by atoms with Crippen LogP contribution in [-0.2, 0) is 14.3 Å². The average molecular weight is 530 g/mol. The number of carbonyl (C=O) groups excluding carboxylic acids is 3. The van der Waals surface area contributed by atoms with Gasteiger partial charge in [-0.25, -0.2) is 8.78 Å². The van der Waals surface area contributed by atoms with Gasteiger partial charge in [-0.05, 0) is 49.2 Å². The van der Waals surface area contributed by atoms with Crippen LogP contribution in [0.3, 0.4) is 0 Å². The lowest BCUT2D eigenvalue weighted by molar-refractivity contribution is -0.146. The number of ether oxygens (including phenoxy) is 3. The van der Waals surface area contributed by atoms with Gasteiger partial charge in [0.25, 0.3) is 11.8 Å². The van der Waals surface area contributed by atoms with Crippen molar-refractivity contribution in [2.45, 2.75) is 37.5 Å². The van der Waals surface area contributed by atoms with Crippen molar-refractivity contribution in [3.8, 4) is 5.75 Å². The van der Waals surface area contributed by atoms with Gasteiger partial charge in [-0.15, -0.1) is 0 Å². The quantitative estimate of drug-likeness (QED) is 0.655. The topological polar surface area (TPSA) is 97.4 Å². The number of rotatable bonds is 4. The summed E-state index contributed by atoms with van der Waals surface area (Å²) in [5.41, 5.74) is 0.514. The molecule has 3 aliphatic heterocycles. The number of fused-ring (bicyclic) bond motifs is 2. The van der Waals surface area contributed by atoms with E-state index in [-0.39, 0.29) is 48.1 Å². The van der Waals surface area contributed by atoms with E-state index in [1.807, 2.05) is 0 Å². The minimum Gasteiger partial charge on any atom is -0.490 e. The van der Waals surface area contributed by atoms with Gasteiger partial charge in [0.05, 0.1) is 37.3 Å². The predicted molar refractivity (Wildman–Crippen MR) is 132 cm³/mol. The molecule has 3 atom stereocenters. The lowest BCUT2D eigenvalue weighted by Gasteiger charge is -2.42. The Hall–Kier alpha value is -3.57. The molecule has 3 heterocycles. The Labute approximate surface area is 218 Å². The van der Waals surface area contributed by atoms with Crippen molar-refractivity contribution in [2.24, 2.45) is 0 Å². The van der Waals surface area contributed by atoms with Gasteiger partial charge >= 0.3 is 0 Å². The molecule has 2 aromatic carbocycles. The number of halogens is 2. The zero-order valence-electron chi connectivity index (χ0n) is 21.0. The minimum absolute atomic E-state index is 0.0382. The zero-order valence-corrected chi connectivity index (χ0v) is 21.0. The third kappa shape index (κ3) is 5.48. The van der Waals surface area contributed by atoms with Crippen LogP contribution in [0.25, 0.3) is 0 Å². The van der Waals surface area contributed by atoms with Crippen molar-refractivity contribution in [3.63, 3.8) is 0 Å². The SMILES string of the molecule is CN1C(=O)c2cc(NC(=O)c3ccc(F)c(F)c3)ccc2OC[C@H]2O[C@@H](CC(=O)N3CCOCC3)CC[C@H]21. The number of hydrogen-bond acceptors (Lipinski definition) is 6. The van der Waals surface area contributed by atoms with Crippen LogP contribution in [0.1, 0.15) is 40.0 Å². The maximum atomic E-state index is 13.5. The van der Waals surface area contributed by atoms with E-state index in [2.05, 4.69) is 5.32 Å². The summed E-state index contributed by atoms with van der Waals surface area (Å²) in [6.07, 6.45) is 0.900. The molecule has 0 spiro atoms. The summed E-state index contributed by atoms with van der Waals surface area (Å²) < 4.78 is 44.3. The molecule has 0 aliphatic carbocycles. The standard InChI is InChI=1S/C27H29F2N3O6/c1-31-22-6-4-18(14-25(33)32-8-10-36-11-9-32)38-24(22)15-37-23-7-3-17(13-19(23)27(31)35)30-26(34)16-2-5-20(28)21(29)12-16/h2-3,5,7,12-13,18,22,24H,4,6,8-11,14-15H2,1H3,(H,30,34)/t18-,22-,24-/m1/s1. The van der Waals surface area contributed by atoms with Crippen molar-refractivity contribution in [1.82, 2.24) is 9.80 Å². The third-order valence-corrected chi connectivity index (χ3v) is 7.22. The van der Waals surface area contributed by atoms with Gasteiger partial charge in [-0.1, -0.05) is 0 Å². The number of morpholine rings is 1. The molecule has 11 heteroatoms.